The molecule has 0 spiro atoms. The number of fused-ring (bicyclic) bond motifs is 1. The summed E-state index contributed by atoms with van der Waals surface area (Å²) in [4.78, 5) is 8.73. The van der Waals surface area contributed by atoms with Crippen LogP contribution in [0.4, 0.5) is 11.8 Å². The van der Waals surface area contributed by atoms with Gasteiger partial charge in [-0.05, 0) is 19.3 Å². The third-order valence-corrected chi connectivity index (χ3v) is 2.89. The van der Waals surface area contributed by atoms with Gasteiger partial charge in [0, 0.05) is 13.1 Å². The molecule has 0 fully saturated rings. The van der Waals surface area contributed by atoms with Crippen molar-refractivity contribution in [1.29, 1.82) is 0 Å². The van der Waals surface area contributed by atoms with Crippen LogP contribution in [0.2, 0.25) is 0 Å². The Morgan fingerprint density at radius 2 is 2.10 bits per heavy atom. The van der Waals surface area contributed by atoms with E-state index < -0.39 is 6.10 Å². The molecular weight excluding hydrogens is 256 g/mol. The summed E-state index contributed by atoms with van der Waals surface area (Å²) in [5, 5.41) is 23.8. The maximum absolute atomic E-state index is 9.93. The number of rotatable bonds is 7. The number of aliphatic hydroxyl groups is 1. The predicted octanol–water partition coefficient (Wildman–Crippen LogP) is 1.60. The van der Waals surface area contributed by atoms with E-state index in [4.69, 9.17) is 0 Å². The number of nitrogens with zero attached hydrogens (tertiary/aromatic N) is 3. The van der Waals surface area contributed by atoms with Gasteiger partial charge >= 0.3 is 0 Å². The van der Waals surface area contributed by atoms with Crippen LogP contribution in [0.15, 0.2) is 6.20 Å². The molecule has 0 aliphatic rings. The fourth-order valence-corrected chi connectivity index (χ4v) is 2.05. The van der Waals surface area contributed by atoms with Crippen molar-refractivity contribution in [3.63, 3.8) is 0 Å². The molecule has 0 radical (unpaired) electrons. The predicted molar refractivity (Wildman–Crippen MR) is 79.8 cm³/mol. The maximum Gasteiger partial charge on any atom is 0.226 e. The molecule has 7 heteroatoms. The highest BCUT2D eigenvalue weighted by Gasteiger charge is 2.11. The number of hydrogen-bond acceptors (Lipinski definition) is 6. The van der Waals surface area contributed by atoms with Crippen molar-refractivity contribution in [2.75, 3.05) is 23.7 Å². The quantitative estimate of drug-likeness (QED) is 0.614. The van der Waals surface area contributed by atoms with Gasteiger partial charge in [-0.15, -0.1) is 0 Å². The number of aliphatic hydroxyl groups excluding tert-OH is 1. The fourth-order valence-electron chi connectivity index (χ4n) is 2.05. The molecule has 2 aromatic heterocycles. The average molecular weight is 278 g/mol. The summed E-state index contributed by atoms with van der Waals surface area (Å²) >= 11 is 0. The number of H-pyrrole nitrogens is 1. The minimum atomic E-state index is -0.394. The van der Waals surface area contributed by atoms with E-state index in [1.165, 1.54) is 0 Å². The van der Waals surface area contributed by atoms with Crippen LogP contribution in [-0.2, 0) is 0 Å². The molecule has 0 aliphatic heterocycles. The number of anilines is 2. The van der Waals surface area contributed by atoms with Crippen molar-refractivity contribution in [3.05, 3.63) is 6.20 Å². The van der Waals surface area contributed by atoms with Crippen LogP contribution >= 0.6 is 0 Å². The third kappa shape index (κ3) is 3.57. The van der Waals surface area contributed by atoms with Gasteiger partial charge in [0.05, 0.1) is 17.7 Å². The van der Waals surface area contributed by atoms with Gasteiger partial charge in [0.25, 0.3) is 0 Å². The Morgan fingerprint density at radius 1 is 1.30 bits per heavy atom. The molecule has 4 N–H and O–H groups in total. The van der Waals surface area contributed by atoms with Crippen molar-refractivity contribution in [3.8, 4) is 0 Å². The molecule has 2 heterocycles. The first-order valence-electron chi connectivity index (χ1n) is 6.97. The Labute approximate surface area is 118 Å². The minimum absolute atomic E-state index is 0.394. The molecular formula is C13H22N6O. The van der Waals surface area contributed by atoms with Gasteiger partial charge < -0.3 is 15.7 Å². The highest BCUT2D eigenvalue weighted by molar-refractivity contribution is 5.86. The van der Waals surface area contributed by atoms with Gasteiger partial charge in [-0.2, -0.15) is 15.1 Å². The van der Waals surface area contributed by atoms with E-state index in [0.717, 1.165) is 18.4 Å². The second kappa shape index (κ2) is 6.51. The molecule has 1 unspecified atom stereocenters. The Balaban J connectivity index is 2.13. The first-order chi connectivity index (χ1) is 9.60. The molecule has 0 aromatic carbocycles. The van der Waals surface area contributed by atoms with Gasteiger partial charge in [-0.25, -0.2) is 0 Å². The van der Waals surface area contributed by atoms with Crippen LogP contribution in [0.5, 0.6) is 0 Å². The van der Waals surface area contributed by atoms with E-state index in [0.29, 0.717) is 29.9 Å². The Morgan fingerprint density at radius 3 is 2.80 bits per heavy atom. The highest BCUT2D eigenvalue weighted by Crippen LogP contribution is 2.20. The van der Waals surface area contributed by atoms with Crippen LogP contribution in [0, 0.1) is 5.92 Å². The smallest absolute Gasteiger partial charge is 0.226 e. The van der Waals surface area contributed by atoms with Crippen LogP contribution in [0.1, 0.15) is 27.2 Å². The molecule has 110 valence electrons. The number of nitrogens with one attached hydrogen (secondary N) is 3. The number of aromatic amines is 1. The molecule has 0 aliphatic carbocycles. The van der Waals surface area contributed by atoms with Crippen molar-refractivity contribution in [2.45, 2.75) is 33.3 Å². The monoisotopic (exact) mass is 278 g/mol. The van der Waals surface area contributed by atoms with E-state index in [1.807, 2.05) is 6.92 Å². The molecule has 2 aromatic rings. The van der Waals surface area contributed by atoms with Gasteiger partial charge in [-0.1, -0.05) is 13.8 Å². The standard InChI is InChI=1S/C13H22N6O/c1-4-14-13-17-11(10-7-16-19-12(10)18-13)15-6-9(20)5-8(2)3/h7-9,20H,4-6H2,1-3H3,(H3,14,15,16,17,18,19). The molecule has 7 nitrogen and oxygen atoms in total. The first kappa shape index (κ1) is 14.5. The third-order valence-electron chi connectivity index (χ3n) is 2.89. The van der Waals surface area contributed by atoms with Crippen LogP contribution < -0.4 is 10.6 Å². The summed E-state index contributed by atoms with van der Waals surface area (Å²) < 4.78 is 0. The van der Waals surface area contributed by atoms with Gasteiger partial charge in [0.15, 0.2) is 5.65 Å². The first-order valence-corrected chi connectivity index (χ1v) is 6.97. The van der Waals surface area contributed by atoms with Crippen molar-refractivity contribution < 1.29 is 5.11 Å². The van der Waals surface area contributed by atoms with Crippen LogP contribution in [0.3, 0.4) is 0 Å². The second-order valence-corrected chi connectivity index (χ2v) is 5.22. The lowest BCUT2D eigenvalue weighted by atomic mass is 10.1. The van der Waals surface area contributed by atoms with E-state index >= 15 is 0 Å². The molecule has 0 bridgehead atoms. The van der Waals surface area contributed by atoms with Crippen LogP contribution in [0.25, 0.3) is 11.0 Å². The Hall–Kier alpha value is -1.89. The van der Waals surface area contributed by atoms with Crippen molar-refractivity contribution >= 4 is 22.8 Å². The van der Waals surface area contributed by atoms with Crippen LogP contribution in [-0.4, -0.2) is 44.5 Å². The molecule has 1 atom stereocenters. The zero-order valence-corrected chi connectivity index (χ0v) is 12.1. The molecule has 20 heavy (non-hydrogen) atoms. The molecule has 0 saturated carbocycles. The normalized spacial score (nSPS) is 12.8. The molecule has 0 saturated heterocycles. The maximum atomic E-state index is 9.93. The lowest BCUT2D eigenvalue weighted by Crippen LogP contribution is -2.22. The minimum Gasteiger partial charge on any atom is -0.391 e. The largest absolute Gasteiger partial charge is 0.391 e. The Bertz CT molecular complexity index is 553. The van der Waals surface area contributed by atoms with E-state index in [9.17, 15) is 5.11 Å². The topological polar surface area (TPSA) is 98.8 Å². The average Bonchev–Trinajstić information content (AvgIpc) is 2.83. The summed E-state index contributed by atoms with van der Waals surface area (Å²) in [6.45, 7) is 7.37. The number of aromatic nitrogens is 4. The molecule has 0 amide bonds. The zero-order chi connectivity index (χ0) is 14.5. The van der Waals surface area contributed by atoms with Gasteiger partial charge in [0.2, 0.25) is 5.95 Å². The van der Waals surface area contributed by atoms with Crippen molar-refractivity contribution in [2.24, 2.45) is 5.92 Å². The highest BCUT2D eigenvalue weighted by atomic mass is 16.3. The summed E-state index contributed by atoms with van der Waals surface area (Å²) in [6, 6.07) is 0. The zero-order valence-electron chi connectivity index (χ0n) is 12.1. The second-order valence-electron chi connectivity index (χ2n) is 5.22. The summed E-state index contributed by atoms with van der Waals surface area (Å²) in [5.74, 6) is 1.69. The summed E-state index contributed by atoms with van der Waals surface area (Å²) in [6.07, 6.45) is 2.05. The SMILES string of the molecule is CCNc1nc(NCC(O)CC(C)C)c2cn[nH]c2n1. The van der Waals surface area contributed by atoms with E-state index in [2.05, 4.69) is 44.6 Å². The summed E-state index contributed by atoms with van der Waals surface area (Å²) in [7, 11) is 0. The lowest BCUT2D eigenvalue weighted by Gasteiger charge is -2.15. The van der Waals surface area contributed by atoms with Crippen molar-refractivity contribution in [1.82, 2.24) is 20.2 Å². The molecule has 2 rings (SSSR count). The van der Waals surface area contributed by atoms with Gasteiger partial charge in [-0.3, -0.25) is 5.10 Å². The van der Waals surface area contributed by atoms with Gasteiger partial charge in [0.1, 0.15) is 5.82 Å². The lowest BCUT2D eigenvalue weighted by molar-refractivity contribution is 0.161. The van der Waals surface area contributed by atoms with E-state index in [-0.39, 0.29) is 0 Å². The fraction of sp³-hybridized carbons (Fsp3) is 0.615. The Kier molecular flexibility index (Phi) is 4.73. The van der Waals surface area contributed by atoms with E-state index in [1.54, 1.807) is 6.20 Å². The number of hydrogen-bond donors (Lipinski definition) is 4. The summed E-state index contributed by atoms with van der Waals surface area (Å²) in [5.41, 5.74) is 0.678.